The van der Waals surface area contributed by atoms with Crippen molar-refractivity contribution < 1.29 is 28.6 Å². The van der Waals surface area contributed by atoms with E-state index in [1.165, 1.54) is 218 Å². The molecule has 0 fully saturated rings. The first-order valence-electron chi connectivity index (χ1n) is 35.4. The molecule has 0 spiro atoms. The summed E-state index contributed by atoms with van der Waals surface area (Å²) in [5.74, 6) is -1.03. The number of esters is 3. The predicted octanol–water partition coefficient (Wildman–Crippen LogP) is 24.6. The molecule has 83 heavy (non-hydrogen) atoms. The zero-order chi connectivity index (χ0) is 59.9. The lowest BCUT2D eigenvalue weighted by Crippen LogP contribution is -2.30. The van der Waals surface area contributed by atoms with Crippen LogP contribution in [-0.4, -0.2) is 37.2 Å². The Bertz CT molecular complexity index is 1660. The summed E-state index contributed by atoms with van der Waals surface area (Å²) in [6.07, 6.45) is 97.2. The molecule has 0 radical (unpaired) electrons. The van der Waals surface area contributed by atoms with Crippen LogP contribution < -0.4 is 0 Å². The van der Waals surface area contributed by atoms with Crippen molar-refractivity contribution in [3.63, 3.8) is 0 Å². The van der Waals surface area contributed by atoms with E-state index in [1.807, 2.05) is 6.08 Å². The van der Waals surface area contributed by atoms with Gasteiger partial charge in [0.25, 0.3) is 0 Å². The molecule has 0 aliphatic carbocycles. The van der Waals surface area contributed by atoms with Gasteiger partial charge in [-0.05, 0) is 109 Å². The summed E-state index contributed by atoms with van der Waals surface area (Å²) in [7, 11) is 0. The number of ether oxygens (including phenoxy) is 3. The molecule has 0 heterocycles. The number of carbonyl (C=O) groups excluding carboxylic acids is 3. The van der Waals surface area contributed by atoms with Gasteiger partial charge in [0.2, 0.25) is 0 Å². The molecule has 0 aliphatic rings. The monoisotopic (exact) mass is 1150 g/mol. The average molecular weight is 1150 g/mol. The largest absolute Gasteiger partial charge is 0.462 e. The second-order valence-corrected chi connectivity index (χ2v) is 23.4. The van der Waals surface area contributed by atoms with E-state index in [0.29, 0.717) is 12.8 Å². The minimum atomic E-state index is -0.822. The third-order valence-corrected chi connectivity index (χ3v) is 15.3. The van der Waals surface area contributed by atoms with Gasteiger partial charge in [-0.25, -0.2) is 0 Å². The van der Waals surface area contributed by atoms with E-state index >= 15 is 0 Å². The fourth-order valence-corrected chi connectivity index (χ4v) is 9.99. The molecule has 0 rings (SSSR count). The smallest absolute Gasteiger partial charge is 0.309 e. The quantitative estimate of drug-likeness (QED) is 0.0261. The maximum Gasteiger partial charge on any atom is 0.309 e. The lowest BCUT2D eigenvalue weighted by Gasteiger charge is -2.18. The highest BCUT2D eigenvalue weighted by atomic mass is 16.6. The molecule has 0 saturated carbocycles. The maximum atomic E-state index is 13.0. The first-order valence-corrected chi connectivity index (χ1v) is 35.4. The summed E-state index contributed by atoms with van der Waals surface area (Å²) < 4.78 is 16.9. The Labute approximate surface area is 514 Å². The van der Waals surface area contributed by atoms with Gasteiger partial charge in [-0.1, -0.05) is 323 Å². The highest BCUT2D eigenvalue weighted by molar-refractivity contribution is 5.72. The van der Waals surface area contributed by atoms with Crippen molar-refractivity contribution in [1.29, 1.82) is 0 Å². The summed E-state index contributed by atoms with van der Waals surface area (Å²) in [6.45, 7) is 6.45. The lowest BCUT2D eigenvalue weighted by atomic mass is 10.0. The number of hydrogen-bond acceptors (Lipinski definition) is 6. The van der Waals surface area contributed by atoms with Crippen LogP contribution in [-0.2, 0) is 28.6 Å². The van der Waals surface area contributed by atoms with E-state index in [2.05, 4.69) is 118 Å². The molecule has 1 unspecified atom stereocenters. The predicted molar refractivity (Wildman–Crippen MR) is 362 cm³/mol. The fourth-order valence-electron chi connectivity index (χ4n) is 9.99. The fraction of sp³-hybridized carbons (Fsp3) is 0.727. The zero-order valence-electron chi connectivity index (χ0n) is 54.7. The van der Waals surface area contributed by atoms with Crippen LogP contribution in [0.15, 0.2) is 109 Å². The molecule has 0 aromatic carbocycles. The van der Waals surface area contributed by atoms with Gasteiger partial charge in [0.15, 0.2) is 6.10 Å². The van der Waals surface area contributed by atoms with Crippen molar-refractivity contribution in [2.45, 2.75) is 348 Å². The van der Waals surface area contributed by atoms with Crippen molar-refractivity contribution in [3.05, 3.63) is 109 Å². The van der Waals surface area contributed by atoms with Crippen molar-refractivity contribution in [2.75, 3.05) is 13.2 Å². The van der Waals surface area contributed by atoms with Gasteiger partial charge in [0.05, 0.1) is 6.42 Å². The van der Waals surface area contributed by atoms with Crippen LogP contribution in [0.3, 0.4) is 0 Å². The SMILES string of the molecule is CC/C=C\C/C=C\C/C=C\C/C=C\C/C=C\CC(=O)OCC(COC(=O)CCCCCCCCCCCCCCCCC/C=C\C/C=C\CCCCCCC)OC(=O)CCCCCCCCCCCCC/C=C\C/C=C\CCCCCCC. The van der Waals surface area contributed by atoms with Crippen LogP contribution in [0.4, 0.5) is 0 Å². The summed E-state index contributed by atoms with van der Waals surface area (Å²) in [5, 5.41) is 0. The van der Waals surface area contributed by atoms with Crippen LogP contribution in [0.1, 0.15) is 342 Å². The Morgan fingerprint density at radius 3 is 0.843 bits per heavy atom. The van der Waals surface area contributed by atoms with Crippen molar-refractivity contribution in [2.24, 2.45) is 0 Å². The Kier molecular flexibility index (Phi) is 67.2. The van der Waals surface area contributed by atoms with Gasteiger partial charge in [0, 0.05) is 12.8 Å². The minimum absolute atomic E-state index is 0.108. The molecule has 0 aromatic heterocycles. The van der Waals surface area contributed by atoms with Gasteiger partial charge in [-0.15, -0.1) is 0 Å². The van der Waals surface area contributed by atoms with Gasteiger partial charge in [-0.3, -0.25) is 14.4 Å². The molecule has 6 nitrogen and oxygen atoms in total. The van der Waals surface area contributed by atoms with E-state index in [1.54, 1.807) is 6.08 Å². The van der Waals surface area contributed by atoms with Crippen LogP contribution in [0.25, 0.3) is 0 Å². The molecule has 0 aliphatic heterocycles. The van der Waals surface area contributed by atoms with Crippen LogP contribution >= 0.6 is 0 Å². The number of unbranched alkanes of at least 4 members (excludes halogenated alkanes) is 36. The van der Waals surface area contributed by atoms with Crippen LogP contribution in [0.2, 0.25) is 0 Å². The maximum absolute atomic E-state index is 13.0. The number of rotatable bonds is 64. The molecule has 476 valence electrons. The second-order valence-electron chi connectivity index (χ2n) is 23.4. The standard InChI is InChI=1S/C77H132O6/c1-4-7-10-13-16-19-22-25-28-30-32-34-36-37-38-39-41-42-44-46-49-52-55-58-61-64-67-70-76(79)82-73-74(72-81-75(78)69-66-63-60-57-54-51-48-27-24-21-18-15-12-9-6-3)83-77(80)71-68-65-62-59-56-53-50-47-45-43-40-35-33-31-29-26-23-20-17-14-11-8-5-2/h9,12,18,21-23,25-27,30-33,48,54,57,63,66,74H,4-8,10-11,13-17,19-20,24,28-29,34-47,49-53,55-56,58-62,64-65,67-73H2,1-3H3/b12-9-,21-18-,25-22-,26-23-,32-30-,33-31-,48-27-,57-54-,66-63-. The first kappa shape index (κ1) is 79.1. The lowest BCUT2D eigenvalue weighted by molar-refractivity contribution is -0.166. The highest BCUT2D eigenvalue weighted by Gasteiger charge is 2.19. The molecule has 0 saturated heterocycles. The van der Waals surface area contributed by atoms with E-state index in [-0.39, 0.29) is 31.6 Å². The van der Waals surface area contributed by atoms with E-state index < -0.39 is 12.1 Å². The molecule has 0 amide bonds. The van der Waals surface area contributed by atoms with E-state index in [0.717, 1.165) is 83.5 Å². The molecule has 1 atom stereocenters. The Balaban J connectivity index is 4.35. The van der Waals surface area contributed by atoms with Crippen molar-refractivity contribution in [1.82, 2.24) is 0 Å². The Hall–Kier alpha value is -3.93. The third-order valence-electron chi connectivity index (χ3n) is 15.3. The minimum Gasteiger partial charge on any atom is -0.462 e. The Morgan fingerprint density at radius 2 is 0.518 bits per heavy atom. The second kappa shape index (κ2) is 70.6. The number of hydrogen-bond donors (Lipinski definition) is 0. The zero-order valence-corrected chi connectivity index (χ0v) is 54.7. The molecule has 6 heteroatoms. The summed E-state index contributed by atoms with van der Waals surface area (Å²) in [6, 6.07) is 0. The van der Waals surface area contributed by atoms with E-state index in [9.17, 15) is 14.4 Å². The summed E-state index contributed by atoms with van der Waals surface area (Å²) in [5.41, 5.74) is 0. The summed E-state index contributed by atoms with van der Waals surface area (Å²) in [4.78, 5) is 38.4. The summed E-state index contributed by atoms with van der Waals surface area (Å²) >= 11 is 0. The molecule has 0 aromatic rings. The van der Waals surface area contributed by atoms with Crippen LogP contribution in [0, 0.1) is 0 Å². The molecular weight excluding hydrogens is 1020 g/mol. The average Bonchev–Trinajstić information content (AvgIpc) is 3.49. The third kappa shape index (κ3) is 68.7. The molecule has 0 N–H and O–H groups in total. The van der Waals surface area contributed by atoms with Gasteiger partial charge in [-0.2, -0.15) is 0 Å². The van der Waals surface area contributed by atoms with Crippen molar-refractivity contribution in [3.8, 4) is 0 Å². The number of allylic oxidation sites excluding steroid dienone is 17. The van der Waals surface area contributed by atoms with Gasteiger partial charge < -0.3 is 14.2 Å². The van der Waals surface area contributed by atoms with Crippen LogP contribution in [0.5, 0.6) is 0 Å². The Morgan fingerprint density at radius 1 is 0.265 bits per heavy atom. The topological polar surface area (TPSA) is 78.9 Å². The van der Waals surface area contributed by atoms with Gasteiger partial charge in [0.1, 0.15) is 13.2 Å². The highest BCUT2D eigenvalue weighted by Crippen LogP contribution is 2.17. The van der Waals surface area contributed by atoms with Gasteiger partial charge >= 0.3 is 17.9 Å². The van der Waals surface area contributed by atoms with Crippen molar-refractivity contribution >= 4 is 17.9 Å². The normalized spacial score (nSPS) is 12.8. The first-order chi connectivity index (χ1) is 41.0. The molecular formula is C77H132O6. The van der Waals surface area contributed by atoms with E-state index in [4.69, 9.17) is 14.2 Å². The molecule has 0 bridgehead atoms. The number of carbonyl (C=O) groups is 3.